The molecule has 2 heteroatoms. The molecule has 0 aliphatic heterocycles. The van der Waals surface area contributed by atoms with Gasteiger partial charge in [-0.2, -0.15) is 0 Å². The maximum atomic E-state index is 10.8. The normalized spacial score (nSPS) is 34.5. The van der Waals surface area contributed by atoms with E-state index in [-0.39, 0.29) is 5.97 Å². The van der Waals surface area contributed by atoms with Gasteiger partial charge >= 0.3 is 5.97 Å². The summed E-state index contributed by atoms with van der Waals surface area (Å²) in [5.41, 5.74) is 0.411. The smallest absolute Gasteiger partial charge is 0.307 e. The molecule has 2 aliphatic carbocycles. The van der Waals surface area contributed by atoms with Crippen LogP contribution in [-0.2, 0) is 9.53 Å². The monoisotopic (exact) mass is 180 g/mol. The second kappa shape index (κ2) is 2.60. The molecule has 0 aromatic heterocycles. The summed E-state index contributed by atoms with van der Waals surface area (Å²) < 4.78 is 5.16. The lowest BCUT2D eigenvalue weighted by atomic mass is 9.79. The van der Waals surface area contributed by atoms with Crippen LogP contribution in [0, 0.1) is 17.3 Å². The molecule has 0 spiro atoms. The molecular weight excluding hydrogens is 164 g/mol. The minimum atomic E-state index is -0.184. The van der Waals surface area contributed by atoms with Crippen LogP contribution in [0.1, 0.15) is 33.6 Å². The van der Waals surface area contributed by atoms with Gasteiger partial charge in [-0.15, -0.1) is 0 Å². The number of esters is 1. The average molecular weight is 180 g/mol. The number of hydrogen-bond donors (Lipinski definition) is 0. The number of carbonyl (C=O) groups excluding carboxylic acids is 1. The maximum absolute atomic E-state index is 10.8. The minimum absolute atomic E-state index is 0.184. The Bertz CT molecular complexity index is 276. The van der Waals surface area contributed by atoms with E-state index in [2.05, 4.69) is 19.9 Å². The quantitative estimate of drug-likeness (QED) is 0.579. The molecule has 0 bridgehead atoms. The Labute approximate surface area is 79.0 Å². The van der Waals surface area contributed by atoms with E-state index in [4.69, 9.17) is 4.74 Å². The zero-order valence-electron chi connectivity index (χ0n) is 8.46. The molecule has 1 fully saturated rings. The van der Waals surface area contributed by atoms with Crippen molar-refractivity contribution in [3.8, 4) is 0 Å². The Kier molecular flexibility index (Phi) is 1.76. The molecule has 0 saturated heterocycles. The fourth-order valence-electron chi connectivity index (χ4n) is 2.32. The van der Waals surface area contributed by atoms with Gasteiger partial charge in [0.1, 0.15) is 5.76 Å². The van der Waals surface area contributed by atoms with Gasteiger partial charge in [0.05, 0.1) is 0 Å². The summed E-state index contributed by atoms with van der Waals surface area (Å²) in [5.74, 6) is 2.02. The highest BCUT2D eigenvalue weighted by atomic mass is 16.5. The zero-order valence-corrected chi connectivity index (χ0v) is 8.46. The summed E-state index contributed by atoms with van der Waals surface area (Å²) >= 11 is 0. The molecule has 2 unspecified atom stereocenters. The van der Waals surface area contributed by atoms with Gasteiger partial charge in [-0.3, -0.25) is 4.79 Å². The lowest BCUT2D eigenvalue weighted by molar-refractivity contribution is -0.137. The average Bonchev–Trinajstić information content (AvgIpc) is 2.74. The predicted octanol–water partition coefficient (Wildman–Crippen LogP) is 2.50. The van der Waals surface area contributed by atoms with Gasteiger partial charge in [-0.1, -0.05) is 13.8 Å². The van der Waals surface area contributed by atoms with Crippen LogP contribution >= 0.6 is 0 Å². The van der Waals surface area contributed by atoms with Gasteiger partial charge in [0.15, 0.2) is 0 Å². The summed E-state index contributed by atoms with van der Waals surface area (Å²) in [6, 6.07) is 0. The molecule has 2 atom stereocenters. The van der Waals surface area contributed by atoms with Gasteiger partial charge < -0.3 is 4.74 Å². The lowest BCUT2D eigenvalue weighted by Gasteiger charge is -2.27. The van der Waals surface area contributed by atoms with Crippen molar-refractivity contribution in [1.29, 1.82) is 0 Å². The third kappa shape index (κ3) is 1.50. The molecular formula is C11H16O2. The third-order valence-corrected chi connectivity index (χ3v) is 3.25. The molecule has 0 N–H and O–H groups in total. The fourth-order valence-corrected chi connectivity index (χ4v) is 2.32. The Balaban J connectivity index is 2.09. The van der Waals surface area contributed by atoms with E-state index in [1.165, 1.54) is 13.3 Å². The maximum Gasteiger partial charge on any atom is 0.307 e. The highest BCUT2D eigenvalue weighted by molar-refractivity contribution is 5.67. The summed E-state index contributed by atoms with van der Waals surface area (Å²) in [7, 11) is 0. The Hall–Kier alpha value is -0.790. The van der Waals surface area contributed by atoms with Crippen LogP contribution < -0.4 is 0 Å². The van der Waals surface area contributed by atoms with Crippen molar-refractivity contribution in [2.45, 2.75) is 33.6 Å². The molecule has 1 saturated carbocycles. The standard InChI is InChI=1S/C11H16O2/c1-7(12)13-10-4-5-11(2,3)9-6-8(9)10/h4,8-9H,5-6H2,1-3H3. The summed E-state index contributed by atoms with van der Waals surface area (Å²) in [5, 5.41) is 0. The Morgan fingerprint density at radius 2 is 2.31 bits per heavy atom. The number of fused-ring (bicyclic) bond motifs is 1. The van der Waals surface area contributed by atoms with E-state index >= 15 is 0 Å². The van der Waals surface area contributed by atoms with Crippen molar-refractivity contribution >= 4 is 5.97 Å². The molecule has 13 heavy (non-hydrogen) atoms. The van der Waals surface area contributed by atoms with E-state index in [9.17, 15) is 4.79 Å². The van der Waals surface area contributed by atoms with Crippen molar-refractivity contribution in [1.82, 2.24) is 0 Å². The topological polar surface area (TPSA) is 26.3 Å². The van der Waals surface area contributed by atoms with Crippen LogP contribution in [0.4, 0.5) is 0 Å². The predicted molar refractivity (Wildman–Crippen MR) is 49.8 cm³/mol. The van der Waals surface area contributed by atoms with E-state index in [0.29, 0.717) is 11.3 Å². The van der Waals surface area contributed by atoms with Gasteiger partial charge in [0.2, 0.25) is 0 Å². The van der Waals surface area contributed by atoms with Gasteiger partial charge in [-0.05, 0) is 30.3 Å². The first-order chi connectivity index (χ1) is 6.00. The van der Waals surface area contributed by atoms with Crippen molar-refractivity contribution in [2.24, 2.45) is 17.3 Å². The van der Waals surface area contributed by atoms with Crippen molar-refractivity contribution < 1.29 is 9.53 Å². The summed E-state index contributed by atoms with van der Waals surface area (Å²) in [4.78, 5) is 10.8. The van der Waals surface area contributed by atoms with Gasteiger partial charge in [0.25, 0.3) is 0 Å². The molecule has 0 radical (unpaired) electrons. The lowest BCUT2D eigenvalue weighted by Crippen LogP contribution is -2.19. The molecule has 2 aliphatic rings. The Morgan fingerprint density at radius 3 is 2.92 bits per heavy atom. The first-order valence-corrected chi connectivity index (χ1v) is 4.89. The molecule has 0 amide bonds. The number of rotatable bonds is 1. The van der Waals surface area contributed by atoms with Crippen LogP contribution in [0.5, 0.6) is 0 Å². The summed E-state index contributed by atoms with van der Waals surface area (Å²) in [6.45, 7) is 6.05. The molecule has 0 aromatic carbocycles. The van der Waals surface area contributed by atoms with Crippen LogP contribution in [0.2, 0.25) is 0 Å². The first-order valence-electron chi connectivity index (χ1n) is 4.89. The Morgan fingerprint density at radius 1 is 1.62 bits per heavy atom. The van der Waals surface area contributed by atoms with Crippen LogP contribution in [-0.4, -0.2) is 5.97 Å². The molecule has 0 heterocycles. The van der Waals surface area contributed by atoms with E-state index in [0.717, 1.165) is 18.1 Å². The largest absolute Gasteiger partial charge is 0.431 e. The van der Waals surface area contributed by atoms with E-state index in [1.807, 2.05) is 0 Å². The molecule has 72 valence electrons. The highest BCUT2D eigenvalue weighted by Gasteiger charge is 2.52. The van der Waals surface area contributed by atoms with Crippen LogP contribution in [0.25, 0.3) is 0 Å². The number of carbonyl (C=O) groups is 1. The van der Waals surface area contributed by atoms with Gasteiger partial charge in [0, 0.05) is 12.8 Å². The number of hydrogen-bond acceptors (Lipinski definition) is 2. The second-order valence-corrected chi connectivity index (χ2v) is 4.84. The van der Waals surface area contributed by atoms with Crippen LogP contribution in [0.15, 0.2) is 11.8 Å². The van der Waals surface area contributed by atoms with Crippen molar-refractivity contribution in [3.05, 3.63) is 11.8 Å². The number of ether oxygens (including phenoxy) is 1. The third-order valence-electron chi connectivity index (χ3n) is 3.25. The fraction of sp³-hybridized carbons (Fsp3) is 0.727. The van der Waals surface area contributed by atoms with Crippen molar-refractivity contribution in [3.63, 3.8) is 0 Å². The van der Waals surface area contributed by atoms with Crippen LogP contribution in [0.3, 0.4) is 0 Å². The zero-order chi connectivity index (χ0) is 9.64. The molecule has 2 rings (SSSR count). The molecule has 0 aromatic rings. The summed E-state index contributed by atoms with van der Waals surface area (Å²) in [6.07, 6.45) is 4.33. The number of allylic oxidation sites excluding steroid dienone is 2. The molecule has 2 nitrogen and oxygen atoms in total. The first kappa shape index (κ1) is 8.79. The van der Waals surface area contributed by atoms with E-state index < -0.39 is 0 Å². The van der Waals surface area contributed by atoms with Gasteiger partial charge in [-0.25, -0.2) is 0 Å². The minimum Gasteiger partial charge on any atom is -0.431 e. The van der Waals surface area contributed by atoms with Crippen molar-refractivity contribution in [2.75, 3.05) is 0 Å². The van der Waals surface area contributed by atoms with E-state index in [1.54, 1.807) is 0 Å². The SMILES string of the molecule is CC(=O)OC1=CCC(C)(C)C2CC12. The highest BCUT2D eigenvalue weighted by Crippen LogP contribution is 2.59. The second-order valence-electron chi connectivity index (χ2n) is 4.84.